The highest BCUT2D eigenvalue weighted by atomic mass is 35.5. The Morgan fingerprint density at radius 3 is 2.32 bits per heavy atom. The van der Waals surface area contributed by atoms with Crippen LogP contribution in [0.1, 0.15) is 35.9 Å². The Labute approximate surface area is 118 Å². The number of nitrogens with two attached hydrogens (primary N) is 1. The summed E-state index contributed by atoms with van der Waals surface area (Å²) >= 11 is 0. The summed E-state index contributed by atoms with van der Waals surface area (Å²) in [6, 6.07) is 9.27. The number of benzene rings is 1. The third-order valence-corrected chi connectivity index (χ3v) is 2.74. The molecule has 3 N–H and O–H groups in total. The zero-order chi connectivity index (χ0) is 13.1. The Bertz CT molecular complexity index is 547. The second-order valence-electron chi connectivity index (χ2n) is 4.44. The molecular formula is C14H17ClN2O2. The average molecular weight is 281 g/mol. The molecular weight excluding hydrogens is 264 g/mol. The van der Waals surface area contributed by atoms with Gasteiger partial charge in [-0.1, -0.05) is 26.0 Å². The lowest BCUT2D eigenvalue weighted by molar-refractivity contribution is 0.0998. The third-order valence-electron chi connectivity index (χ3n) is 2.74. The van der Waals surface area contributed by atoms with Gasteiger partial charge < -0.3 is 15.5 Å². The second kappa shape index (κ2) is 6.29. The number of furan rings is 1. The number of hydrogen-bond acceptors (Lipinski definition) is 3. The fraction of sp³-hybridized carbons (Fsp3) is 0.214. The van der Waals surface area contributed by atoms with E-state index >= 15 is 0 Å². The molecule has 0 fully saturated rings. The van der Waals surface area contributed by atoms with Gasteiger partial charge in [-0.3, -0.25) is 4.79 Å². The first-order chi connectivity index (χ1) is 8.58. The molecule has 0 spiro atoms. The van der Waals surface area contributed by atoms with Crippen molar-refractivity contribution >= 4 is 29.7 Å². The molecule has 1 heterocycles. The second-order valence-corrected chi connectivity index (χ2v) is 4.44. The molecule has 1 aromatic heterocycles. The average Bonchev–Trinajstić information content (AvgIpc) is 2.76. The van der Waals surface area contributed by atoms with Gasteiger partial charge in [0.2, 0.25) is 5.76 Å². The lowest BCUT2D eigenvalue weighted by Crippen LogP contribution is -2.12. The van der Waals surface area contributed by atoms with Gasteiger partial charge in [-0.05, 0) is 23.6 Å². The first kappa shape index (κ1) is 15.1. The van der Waals surface area contributed by atoms with Crippen molar-refractivity contribution < 1.29 is 9.21 Å². The summed E-state index contributed by atoms with van der Waals surface area (Å²) in [7, 11) is 0. The van der Waals surface area contributed by atoms with Crippen LogP contribution in [0.25, 0.3) is 0 Å². The first-order valence-electron chi connectivity index (χ1n) is 5.82. The Hall–Kier alpha value is -1.94. The van der Waals surface area contributed by atoms with Gasteiger partial charge in [-0.25, -0.2) is 0 Å². The van der Waals surface area contributed by atoms with Crippen LogP contribution in [0.5, 0.6) is 0 Å². The zero-order valence-electron chi connectivity index (χ0n) is 10.8. The predicted molar refractivity (Wildman–Crippen MR) is 78.9 cm³/mol. The van der Waals surface area contributed by atoms with Gasteiger partial charge >= 0.3 is 0 Å². The minimum atomic E-state index is -0.338. The zero-order valence-corrected chi connectivity index (χ0v) is 11.7. The summed E-state index contributed by atoms with van der Waals surface area (Å²) in [5.41, 5.74) is 7.89. The number of rotatable bonds is 3. The van der Waals surface area contributed by atoms with Gasteiger partial charge in [0.1, 0.15) is 0 Å². The van der Waals surface area contributed by atoms with E-state index in [0.29, 0.717) is 11.6 Å². The van der Waals surface area contributed by atoms with Crippen molar-refractivity contribution in [2.75, 3.05) is 11.1 Å². The van der Waals surface area contributed by atoms with Crippen LogP contribution in [0.15, 0.2) is 41.0 Å². The first-order valence-corrected chi connectivity index (χ1v) is 5.82. The summed E-state index contributed by atoms with van der Waals surface area (Å²) in [6.45, 7) is 4.24. The molecule has 0 atom stereocenters. The van der Waals surface area contributed by atoms with Crippen LogP contribution in [-0.2, 0) is 0 Å². The van der Waals surface area contributed by atoms with Crippen LogP contribution in [0, 0.1) is 0 Å². The topological polar surface area (TPSA) is 68.3 Å². The van der Waals surface area contributed by atoms with Gasteiger partial charge in [-0.2, -0.15) is 0 Å². The molecule has 0 saturated heterocycles. The molecule has 0 saturated carbocycles. The predicted octanol–water partition coefficient (Wildman–Crippen LogP) is 3.66. The molecule has 0 aliphatic heterocycles. The molecule has 4 nitrogen and oxygen atoms in total. The highest BCUT2D eigenvalue weighted by Crippen LogP contribution is 2.19. The normalized spacial score (nSPS) is 10.1. The van der Waals surface area contributed by atoms with Gasteiger partial charge in [0.25, 0.3) is 5.91 Å². The van der Waals surface area contributed by atoms with Crippen LogP contribution in [0.4, 0.5) is 11.4 Å². The minimum Gasteiger partial charge on any atom is -0.457 e. The summed E-state index contributed by atoms with van der Waals surface area (Å²) in [4.78, 5) is 11.8. The molecule has 102 valence electrons. The number of carbonyl (C=O) groups is 1. The SMILES string of the molecule is CC(C)c1ccc(NC(=O)c2occc2N)cc1.Cl. The minimum absolute atomic E-state index is 0. The third kappa shape index (κ3) is 3.51. The van der Waals surface area contributed by atoms with E-state index in [4.69, 9.17) is 10.2 Å². The summed E-state index contributed by atoms with van der Waals surface area (Å²) in [5, 5.41) is 2.74. The number of hydrogen-bond donors (Lipinski definition) is 2. The summed E-state index contributed by atoms with van der Waals surface area (Å²) in [5.74, 6) is 0.271. The number of nitrogens with one attached hydrogen (secondary N) is 1. The van der Waals surface area contributed by atoms with Crippen LogP contribution in [-0.4, -0.2) is 5.91 Å². The van der Waals surface area contributed by atoms with E-state index in [1.807, 2.05) is 24.3 Å². The monoisotopic (exact) mass is 280 g/mol. The Morgan fingerprint density at radius 2 is 1.84 bits per heavy atom. The Kier molecular flexibility index (Phi) is 5.01. The van der Waals surface area contributed by atoms with Crippen molar-refractivity contribution in [3.63, 3.8) is 0 Å². The van der Waals surface area contributed by atoms with E-state index in [1.54, 1.807) is 6.07 Å². The molecule has 0 radical (unpaired) electrons. The number of halogens is 1. The lowest BCUT2D eigenvalue weighted by Gasteiger charge is -2.07. The molecule has 5 heteroatoms. The van der Waals surface area contributed by atoms with Crippen molar-refractivity contribution in [1.82, 2.24) is 0 Å². The smallest absolute Gasteiger partial charge is 0.293 e. The fourth-order valence-electron chi connectivity index (χ4n) is 1.64. The fourth-order valence-corrected chi connectivity index (χ4v) is 1.64. The quantitative estimate of drug-likeness (QED) is 0.901. The summed E-state index contributed by atoms with van der Waals surface area (Å²) < 4.78 is 5.02. The Morgan fingerprint density at radius 1 is 1.21 bits per heavy atom. The molecule has 2 rings (SSSR count). The number of nitrogen functional groups attached to an aromatic ring is 1. The highest BCUT2D eigenvalue weighted by molar-refractivity contribution is 6.05. The highest BCUT2D eigenvalue weighted by Gasteiger charge is 2.13. The van der Waals surface area contributed by atoms with Crippen molar-refractivity contribution in [2.45, 2.75) is 19.8 Å². The van der Waals surface area contributed by atoms with E-state index in [-0.39, 0.29) is 24.1 Å². The standard InChI is InChI=1S/C14H16N2O2.ClH/c1-9(2)10-3-5-11(6-4-10)16-14(17)13-12(15)7-8-18-13;/h3-9H,15H2,1-2H3,(H,16,17);1H. The lowest BCUT2D eigenvalue weighted by atomic mass is 10.0. The molecule has 2 aromatic rings. The van der Waals surface area contributed by atoms with Crippen LogP contribution in [0.3, 0.4) is 0 Å². The van der Waals surface area contributed by atoms with E-state index in [9.17, 15) is 4.79 Å². The van der Waals surface area contributed by atoms with Gasteiger partial charge in [0.05, 0.1) is 12.0 Å². The van der Waals surface area contributed by atoms with Gasteiger partial charge in [0, 0.05) is 11.8 Å². The van der Waals surface area contributed by atoms with Crippen LogP contribution < -0.4 is 11.1 Å². The largest absolute Gasteiger partial charge is 0.457 e. The van der Waals surface area contributed by atoms with Gasteiger partial charge in [0.15, 0.2) is 0 Å². The van der Waals surface area contributed by atoms with Crippen LogP contribution >= 0.6 is 12.4 Å². The maximum Gasteiger partial charge on any atom is 0.293 e. The maximum absolute atomic E-state index is 11.8. The van der Waals surface area contributed by atoms with Gasteiger partial charge in [-0.15, -0.1) is 12.4 Å². The van der Waals surface area contributed by atoms with Crippen molar-refractivity contribution in [3.8, 4) is 0 Å². The summed E-state index contributed by atoms with van der Waals surface area (Å²) in [6.07, 6.45) is 1.39. The van der Waals surface area contributed by atoms with Crippen molar-refractivity contribution in [1.29, 1.82) is 0 Å². The molecule has 0 unspecified atom stereocenters. The van der Waals surface area contributed by atoms with E-state index < -0.39 is 0 Å². The van der Waals surface area contributed by atoms with Crippen LogP contribution in [0.2, 0.25) is 0 Å². The van der Waals surface area contributed by atoms with E-state index in [2.05, 4.69) is 19.2 Å². The number of anilines is 2. The molecule has 0 aliphatic rings. The molecule has 1 aromatic carbocycles. The Balaban J connectivity index is 0.00000180. The van der Waals surface area contributed by atoms with Crippen molar-refractivity contribution in [2.24, 2.45) is 0 Å². The molecule has 19 heavy (non-hydrogen) atoms. The van der Waals surface area contributed by atoms with E-state index in [1.165, 1.54) is 11.8 Å². The maximum atomic E-state index is 11.8. The van der Waals surface area contributed by atoms with Crippen molar-refractivity contribution in [3.05, 3.63) is 47.9 Å². The molecule has 0 aliphatic carbocycles. The van der Waals surface area contributed by atoms with E-state index in [0.717, 1.165) is 5.69 Å². The molecule has 1 amide bonds. The number of carbonyl (C=O) groups excluding carboxylic acids is 1. The molecule has 0 bridgehead atoms. The number of amides is 1.